The normalized spacial score (nSPS) is 11.4. The monoisotopic (exact) mass is 294 g/mol. The van der Waals surface area contributed by atoms with Crippen LogP contribution >= 0.6 is 11.6 Å². The van der Waals surface area contributed by atoms with Crippen LogP contribution in [0.1, 0.15) is 25.0 Å². The van der Waals surface area contributed by atoms with E-state index in [2.05, 4.69) is 0 Å². The summed E-state index contributed by atoms with van der Waals surface area (Å²) in [5.41, 5.74) is 0.184. The Hall–Kier alpha value is -1.58. The van der Waals surface area contributed by atoms with E-state index in [0.717, 1.165) is 5.56 Å². The van der Waals surface area contributed by atoms with Gasteiger partial charge in [-0.25, -0.2) is 4.39 Å². The zero-order valence-electron chi connectivity index (χ0n) is 11.4. The van der Waals surface area contributed by atoms with Crippen molar-refractivity contribution in [3.63, 3.8) is 0 Å². The SMILES string of the molecule is CC(C)(O)c1cc(F)c(OCc2ccccc2)c(Cl)c1. The number of rotatable bonds is 4. The van der Waals surface area contributed by atoms with Crippen LogP contribution in [0.3, 0.4) is 0 Å². The van der Waals surface area contributed by atoms with Crippen LogP contribution in [0.25, 0.3) is 0 Å². The van der Waals surface area contributed by atoms with Gasteiger partial charge >= 0.3 is 0 Å². The molecule has 0 amide bonds. The minimum Gasteiger partial charge on any atom is -0.484 e. The van der Waals surface area contributed by atoms with E-state index >= 15 is 0 Å². The fourth-order valence-electron chi connectivity index (χ4n) is 1.78. The Morgan fingerprint density at radius 3 is 2.40 bits per heavy atom. The van der Waals surface area contributed by atoms with Crippen molar-refractivity contribution in [1.82, 2.24) is 0 Å². The molecule has 106 valence electrons. The lowest BCUT2D eigenvalue weighted by Gasteiger charge is -2.19. The molecule has 0 atom stereocenters. The van der Waals surface area contributed by atoms with Gasteiger partial charge in [0.1, 0.15) is 6.61 Å². The lowest BCUT2D eigenvalue weighted by molar-refractivity contribution is 0.0781. The van der Waals surface area contributed by atoms with Gasteiger partial charge in [-0.1, -0.05) is 41.9 Å². The first-order chi connectivity index (χ1) is 9.38. The Kier molecular flexibility index (Phi) is 4.31. The molecule has 2 aromatic rings. The molecule has 0 saturated carbocycles. The maximum atomic E-state index is 14.0. The van der Waals surface area contributed by atoms with Crippen molar-refractivity contribution in [3.8, 4) is 5.75 Å². The number of hydrogen-bond donors (Lipinski definition) is 1. The Balaban J connectivity index is 2.21. The first kappa shape index (κ1) is 14.8. The van der Waals surface area contributed by atoms with E-state index in [4.69, 9.17) is 16.3 Å². The third-order valence-electron chi connectivity index (χ3n) is 2.93. The zero-order chi connectivity index (χ0) is 14.8. The van der Waals surface area contributed by atoms with Crippen LogP contribution in [0.2, 0.25) is 5.02 Å². The number of ether oxygens (including phenoxy) is 1. The van der Waals surface area contributed by atoms with Gasteiger partial charge in [0.25, 0.3) is 0 Å². The summed E-state index contributed by atoms with van der Waals surface area (Å²) in [7, 11) is 0. The van der Waals surface area contributed by atoms with Crippen molar-refractivity contribution in [2.75, 3.05) is 0 Å². The smallest absolute Gasteiger partial charge is 0.174 e. The lowest BCUT2D eigenvalue weighted by atomic mass is 9.98. The minimum atomic E-state index is -1.15. The molecule has 1 N–H and O–H groups in total. The second kappa shape index (κ2) is 5.81. The van der Waals surface area contributed by atoms with E-state index in [0.29, 0.717) is 5.56 Å². The molecule has 2 rings (SSSR count). The molecule has 0 aliphatic carbocycles. The van der Waals surface area contributed by atoms with Crippen LogP contribution in [0, 0.1) is 5.82 Å². The van der Waals surface area contributed by atoms with Gasteiger partial charge in [-0.2, -0.15) is 0 Å². The largest absolute Gasteiger partial charge is 0.484 e. The van der Waals surface area contributed by atoms with Gasteiger partial charge in [-0.3, -0.25) is 0 Å². The molecule has 0 saturated heterocycles. The Morgan fingerprint density at radius 2 is 1.85 bits per heavy atom. The average Bonchev–Trinajstić information content (AvgIpc) is 2.37. The Bertz CT molecular complexity index is 568. The molecule has 0 aromatic heterocycles. The standard InChI is InChI=1S/C16H16ClFO2/c1-16(2,19)12-8-13(17)15(14(18)9-12)20-10-11-6-4-3-5-7-11/h3-9,19H,10H2,1-2H3. The van der Waals surface area contributed by atoms with Gasteiger partial charge in [0.05, 0.1) is 10.6 Å². The summed E-state index contributed by atoms with van der Waals surface area (Å²) in [6.07, 6.45) is 0. The summed E-state index contributed by atoms with van der Waals surface area (Å²) >= 11 is 6.03. The molecular weight excluding hydrogens is 279 g/mol. The maximum Gasteiger partial charge on any atom is 0.174 e. The van der Waals surface area contributed by atoms with Crippen molar-refractivity contribution >= 4 is 11.6 Å². The van der Waals surface area contributed by atoms with Gasteiger partial charge < -0.3 is 9.84 Å². The van der Waals surface area contributed by atoms with Crippen molar-refractivity contribution in [1.29, 1.82) is 0 Å². The third-order valence-corrected chi connectivity index (χ3v) is 3.21. The molecule has 20 heavy (non-hydrogen) atoms. The fraction of sp³-hybridized carbons (Fsp3) is 0.250. The van der Waals surface area contributed by atoms with Crippen LogP contribution in [0.4, 0.5) is 4.39 Å². The number of halogens is 2. The van der Waals surface area contributed by atoms with E-state index in [-0.39, 0.29) is 17.4 Å². The molecule has 0 aliphatic heterocycles. The molecule has 0 heterocycles. The summed E-state index contributed by atoms with van der Waals surface area (Å²) in [6.45, 7) is 3.38. The molecule has 2 nitrogen and oxygen atoms in total. The molecule has 2 aromatic carbocycles. The molecule has 0 radical (unpaired) electrons. The predicted octanol–water partition coefficient (Wildman–Crippen LogP) is 4.29. The highest BCUT2D eigenvalue weighted by Crippen LogP contribution is 2.33. The second-order valence-electron chi connectivity index (χ2n) is 5.10. The minimum absolute atomic E-state index is 0.00326. The van der Waals surface area contributed by atoms with Gasteiger partial charge in [0.15, 0.2) is 11.6 Å². The van der Waals surface area contributed by atoms with E-state index in [1.54, 1.807) is 13.8 Å². The van der Waals surface area contributed by atoms with Crippen LogP contribution in [0.15, 0.2) is 42.5 Å². The summed E-state index contributed by atoms with van der Waals surface area (Å²) in [5.74, 6) is -0.575. The van der Waals surface area contributed by atoms with Crippen molar-refractivity contribution in [2.24, 2.45) is 0 Å². The molecule has 4 heteroatoms. The fourth-order valence-corrected chi connectivity index (χ4v) is 2.04. The quantitative estimate of drug-likeness (QED) is 0.912. The molecule has 0 unspecified atom stereocenters. The maximum absolute atomic E-state index is 14.0. The predicted molar refractivity (Wildman–Crippen MR) is 77.4 cm³/mol. The van der Waals surface area contributed by atoms with E-state index in [1.165, 1.54) is 12.1 Å². The van der Waals surface area contributed by atoms with E-state index < -0.39 is 11.4 Å². The highest BCUT2D eigenvalue weighted by Gasteiger charge is 2.20. The Morgan fingerprint density at radius 1 is 1.20 bits per heavy atom. The van der Waals surface area contributed by atoms with Crippen LogP contribution in [-0.4, -0.2) is 5.11 Å². The lowest BCUT2D eigenvalue weighted by Crippen LogP contribution is -2.16. The average molecular weight is 295 g/mol. The second-order valence-corrected chi connectivity index (χ2v) is 5.51. The van der Waals surface area contributed by atoms with Crippen molar-refractivity contribution in [2.45, 2.75) is 26.1 Å². The molecule has 0 bridgehead atoms. The number of aliphatic hydroxyl groups is 1. The third kappa shape index (κ3) is 3.50. The van der Waals surface area contributed by atoms with Crippen LogP contribution in [-0.2, 0) is 12.2 Å². The summed E-state index contributed by atoms with van der Waals surface area (Å²) < 4.78 is 19.5. The van der Waals surface area contributed by atoms with E-state index in [1.807, 2.05) is 30.3 Å². The number of benzene rings is 2. The summed E-state index contributed by atoms with van der Waals surface area (Å²) in [4.78, 5) is 0. The molecule has 0 fully saturated rings. The van der Waals surface area contributed by atoms with Gasteiger partial charge in [-0.15, -0.1) is 0 Å². The molecule has 0 aliphatic rings. The topological polar surface area (TPSA) is 29.5 Å². The Labute approximate surface area is 122 Å². The summed E-state index contributed by atoms with van der Waals surface area (Å²) in [6, 6.07) is 12.2. The summed E-state index contributed by atoms with van der Waals surface area (Å²) in [5, 5.41) is 10.0. The first-order valence-electron chi connectivity index (χ1n) is 6.26. The highest BCUT2D eigenvalue weighted by molar-refractivity contribution is 6.32. The zero-order valence-corrected chi connectivity index (χ0v) is 12.1. The van der Waals surface area contributed by atoms with Gasteiger partial charge in [0, 0.05) is 0 Å². The number of hydrogen-bond acceptors (Lipinski definition) is 2. The van der Waals surface area contributed by atoms with Crippen LogP contribution in [0.5, 0.6) is 5.75 Å². The van der Waals surface area contributed by atoms with Crippen molar-refractivity contribution < 1.29 is 14.2 Å². The van der Waals surface area contributed by atoms with Crippen molar-refractivity contribution in [3.05, 3.63) is 64.4 Å². The first-order valence-corrected chi connectivity index (χ1v) is 6.64. The van der Waals surface area contributed by atoms with Crippen LogP contribution < -0.4 is 4.74 Å². The molecular formula is C16H16ClFO2. The molecule has 0 spiro atoms. The van der Waals surface area contributed by atoms with Gasteiger partial charge in [-0.05, 0) is 37.1 Å². The van der Waals surface area contributed by atoms with E-state index in [9.17, 15) is 9.50 Å². The highest BCUT2D eigenvalue weighted by atomic mass is 35.5. The van der Waals surface area contributed by atoms with Gasteiger partial charge in [0.2, 0.25) is 0 Å².